The highest BCUT2D eigenvalue weighted by molar-refractivity contribution is 6.29. The highest BCUT2D eigenvalue weighted by atomic mass is 35.5. The van der Waals surface area contributed by atoms with E-state index in [1.54, 1.807) is 0 Å². The van der Waals surface area contributed by atoms with Crippen LogP contribution >= 0.6 is 11.6 Å². The van der Waals surface area contributed by atoms with Gasteiger partial charge in [0.1, 0.15) is 0 Å². The zero-order valence-electron chi connectivity index (χ0n) is 10.7. The van der Waals surface area contributed by atoms with Crippen molar-refractivity contribution in [2.45, 2.75) is 25.8 Å². The third kappa shape index (κ3) is 2.19. The molecule has 3 heterocycles. The van der Waals surface area contributed by atoms with Crippen molar-refractivity contribution < 1.29 is 0 Å². The van der Waals surface area contributed by atoms with Crippen LogP contribution in [0.2, 0.25) is 5.15 Å². The first-order chi connectivity index (χ1) is 8.78. The number of anilines is 1. The fourth-order valence-corrected chi connectivity index (χ4v) is 3.34. The van der Waals surface area contributed by atoms with Crippen LogP contribution < -0.4 is 4.90 Å². The second kappa shape index (κ2) is 5.02. The number of rotatable bonds is 2. The van der Waals surface area contributed by atoms with E-state index in [0.29, 0.717) is 11.2 Å². The van der Waals surface area contributed by atoms with Gasteiger partial charge in [0, 0.05) is 19.1 Å². The van der Waals surface area contributed by atoms with Crippen LogP contribution in [0.15, 0.2) is 12.1 Å². The summed E-state index contributed by atoms with van der Waals surface area (Å²) in [6, 6.07) is 4.43. The minimum absolute atomic E-state index is 0.466. The molecule has 2 fully saturated rings. The van der Waals surface area contributed by atoms with Gasteiger partial charge < -0.3 is 9.80 Å². The molecule has 5 heteroatoms. The molecule has 0 aromatic carbocycles. The third-order valence-corrected chi connectivity index (χ3v) is 4.51. The van der Waals surface area contributed by atoms with Crippen LogP contribution in [0.1, 0.15) is 19.8 Å². The summed E-state index contributed by atoms with van der Waals surface area (Å²) in [5, 5.41) is 8.65. The molecule has 0 bridgehead atoms. The van der Waals surface area contributed by atoms with Crippen LogP contribution in [0.3, 0.4) is 0 Å². The standard InChI is InChI=1S/C13H19ClN4/c1-2-17-7-5-10-6-8-18(11(10)9-17)13-4-3-12(14)15-16-13/h3-4,10-11H,2,5-9H2,1H3. The lowest BCUT2D eigenvalue weighted by molar-refractivity contribution is 0.182. The molecule has 3 rings (SSSR count). The van der Waals surface area contributed by atoms with Crippen molar-refractivity contribution in [3.63, 3.8) is 0 Å². The number of nitrogens with zero attached hydrogens (tertiary/aromatic N) is 4. The minimum Gasteiger partial charge on any atom is -0.351 e. The van der Waals surface area contributed by atoms with E-state index >= 15 is 0 Å². The van der Waals surface area contributed by atoms with Crippen LogP contribution in [-0.2, 0) is 0 Å². The Morgan fingerprint density at radius 3 is 2.83 bits per heavy atom. The maximum Gasteiger partial charge on any atom is 0.151 e. The van der Waals surface area contributed by atoms with E-state index in [0.717, 1.165) is 31.4 Å². The lowest BCUT2D eigenvalue weighted by atomic mass is 9.92. The molecule has 0 amide bonds. The normalized spacial score (nSPS) is 28.4. The molecule has 98 valence electrons. The van der Waals surface area contributed by atoms with Crippen molar-refractivity contribution in [2.75, 3.05) is 31.1 Å². The minimum atomic E-state index is 0.466. The Hall–Kier alpha value is -0.870. The molecular formula is C13H19ClN4. The highest BCUT2D eigenvalue weighted by Crippen LogP contribution is 2.34. The topological polar surface area (TPSA) is 32.3 Å². The second-order valence-electron chi connectivity index (χ2n) is 5.21. The van der Waals surface area contributed by atoms with E-state index in [1.807, 2.05) is 12.1 Å². The van der Waals surface area contributed by atoms with Crippen LogP contribution in [-0.4, -0.2) is 47.3 Å². The van der Waals surface area contributed by atoms with Gasteiger partial charge in [-0.05, 0) is 44.0 Å². The van der Waals surface area contributed by atoms with Gasteiger partial charge in [-0.15, -0.1) is 10.2 Å². The van der Waals surface area contributed by atoms with Crippen molar-refractivity contribution >= 4 is 17.4 Å². The van der Waals surface area contributed by atoms with Gasteiger partial charge in [0.15, 0.2) is 11.0 Å². The van der Waals surface area contributed by atoms with Crippen LogP contribution in [0.5, 0.6) is 0 Å². The quantitative estimate of drug-likeness (QED) is 0.820. The summed E-state index contributed by atoms with van der Waals surface area (Å²) < 4.78 is 0. The number of aromatic nitrogens is 2. The molecule has 0 aliphatic carbocycles. The van der Waals surface area contributed by atoms with Crippen molar-refractivity contribution in [1.82, 2.24) is 15.1 Å². The fourth-order valence-electron chi connectivity index (χ4n) is 3.24. The van der Waals surface area contributed by atoms with E-state index in [9.17, 15) is 0 Å². The molecule has 2 unspecified atom stereocenters. The monoisotopic (exact) mass is 266 g/mol. The maximum atomic E-state index is 5.80. The van der Waals surface area contributed by atoms with E-state index in [4.69, 9.17) is 11.6 Å². The molecule has 0 spiro atoms. The number of likely N-dealkylation sites (tertiary alicyclic amines) is 1. The summed E-state index contributed by atoms with van der Waals surface area (Å²) in [6.45, 7) is 6.89. The highest BCUT2D eigenvalue weighted by Gasteiger charge is 2.38. The van der Waals surface area contributed by atoms with E-state index in [2.05, 4.69) is 26.9 Å². The van der Waals surface area contributed by atoms with Gasteiger partial charge in [-0.3, -0.25) is 0 Å². The molecule has 1 aromatic rings. The lowest BCUT2D eigenvalue weighted by Gasteiger charge is -2.38. The molecular weight excluding hydrogens is 248 g/mol. The number of likely N-dealkylation sites (N-methyl/N-ethyl adjacent to an activating group) is 1. The van der Waals surface area contributed by atoms with Gasteiger partial charge in [-0.25, -0.2) is 0 Å². The third-order valence-electron chi connectivity index (χ3n) is 4.31. The SMILES string of the molecule is CCN1CCC2CCN(c3ccc(Cl)nn3)C2C1. The molecule has 0 radical (unpaired) electrons. The van der Waals surface area contributed by atoms with Crippen molar-refractivity contribution in [3.05, 3.63) is 17.3 Å². The van der Waals surface area contributed by atoms with E-state index in [1.165, 1.54) is 19.4 Å². The molecule has 2 saturated heterocycles. The summed E-state index contributed by atoms with van der Waals surface area (Å²) in [5.41, 5.74) is 0. The summed E-state index contributed by atoms with van der Waals surface area (Å²) >= 11 is 5.80. The zero-order chi connectivity index (χ0) is 12.5. The van der Waals surface area contributed by atoms with Gasteiger partial charge in [0.25, 0.3) is 0 Å². The van der Waals surface area contributed by atoms with E-state index in [-0.39, 0.29) is 0 Å². The zero-order valence-corrected chi connectivity index (χ0v) is 11.5. The van der Waals surface area contributed by atoms with Crippen LogP contribution in [0.25, 0.3) is 0 Å². The number of hydrogen-bond acceptors (Lipinski definition) is 4. The molecule has 2 aliphatic heterocycles. The van der Waals surface area contributed by atoms with Crippen molar-refractivity contribution in [2.24, 2.45) is 5.92 Å². The number of fused-ring (bicyclic) bond motifs is 1. The Labute approximate surface area is 113 Å². The smallest absolute Gasteiger partial charge is 0.151 e. The summed E-state index contributed by atoms with van der Waals surface area (Å²) in [5.74, 6) is 1.80. The summed E-state index contributed by atoms with van der Waals surface area (Å²) in [6.07, 6.45) is 2.60. The molecule has 0 N–H and O–H groups in total. The van der Waals surface area contributed by atoms with Crippen LogP contribution in [0, 0.1) is 5.92 Å². The Kier molecular flexibility index (Phi) is 3.39. The second-order valence-corrected chi connectivity index (χ2v) is 5.59. The number of halogens is 1. The maximum absolute atomic E-state index is 5.80. The largest absolute Gasteiger partial charge is 0.351 e. The molecule has 2 atom stereocenters. The number of hydrogen-bond donors (Lipinski definition) is 0. The average Bonchev–Trinajstić information content (AvgIpc) is 2.82. The van der Waals surface area contributed by atoms with Gasteiger partial charge in [0.05, 0.1) is 0 Å². The molecule has 0 saturated carbocycles. The van der Waals surface area contributed by atoms with Gasteiger partial charge in [0.2, 0.25) is 0 Å². The average molecular weight is 267 g/mol. The summed E-state index contributed by atoms with van der Waals surface area (Å²) in [7, 11) is 0. The fraction of sp³-hybridized carbons (Fsp3) is 0.692. The van der Waals surface area contributed by atoms with Crippen LogP contribution in [0.4, 0.5) is 5.82 Å². The Morgan fingerprint density at radius 1 is 1.28 bits per heavy atom. The Balaban J connectivity index is 1.78. The van der Waals surface area contributed by atoms with Gasteiger partial charge in [-0.1, -0.05) is 18.5 Å². The van der Waals surface area contributed by atoms with Crippen molar-refractivity contribution in [1.29, 1.82) is 0 Å². The molecule has 18 heavy (non-hydrogen) atoms. The predicted molar refractivity (Wildman–Crippen MR) is 73.0 cm³/mol. The van der Waals surface area contributed by atoms with Crippen molar-refractivity contribution in [3.8, 4) is 0 Å². The molecule has 4 nitrogen and oxygen atoms in total. The van der Waals surface area contributed by atoms with E-state index < -0.39 is 0 Å². The first kappa shape index (κ1) is 12.2. The predicted octanol–water partition coefficient (Wildman–Crippen LogP) is 2.05. The lowest BCUT2D eigenvalue weighted by Crippen LogP contribution is -2.48. The Morgan fingerprint density at radius 2 is 2.11 bits per heavy atom. The Bertz CT molecular complexity index is 408. The first-order valence-corrected chi connectivity index (χ1v) is 7.14. The van der Waals surface area contributed by atoms with Gasteiger partial charge in [-0.2, -0.15) is 0 Å². The van der Waals surface area contributed by atoms with Gasteiger partial charge >= 0.3 is 0 Å². The summed E-state index contributed by atoms with van der Waals surface area (Å²) in [4.78, 5) is 4.94. The molecule has 2 aliphatic rings. The number of piperidine rings is 1. The first-order valence-electron chi connectivity index (χ1n) is 6.76. The molecule has 1 aromatic heterocycles.